The van der Waals surface area contributed by atoms with Gasteiger partial charge in [-0.2, -0.15) is 35.8 Å². The third-order valence-corrected chi connectivity index (χ3v) is 5.27. The van der Waals surface area contributed by atoms with Gasteiger partial charge in [0.25, 0.3) is 0 Å². The largest absolute Gasteiger partial charge is 0.452 e. The lowest BCUT2D eigenvalue weighted by Gasteiger charge is -1.70. The molecule has 0 aliphatic carbocycles. The molecule has 4 N–H and O–H groups in total. The molecule has 0 unspecified atom stereocenters. The summed E-state index contributed by atoms with van der Waals surface area (Å²) >= 11 is 1.60. The van der Waals surface area contributed by atoms with Gasteiger partial charge >= 0.3 is 0 Å². The van der Waals surface area contributed by atoms with Gasteiger partial charge in [-0.05, 0) is 48.5 Å². The van der Waals surface area contributed by atoms with Crippen molar-refractivity contribution in [2.75, 3.05) is 0 Å². The molecule has 22 heteroatoms. The van der Waals surface area contributed by atoms with Crippen molar-refractivity contribution in [3.05, 3.63) is 233 Å². The quantitative estimate of drug-likeness (QED) is 0.140. The molecular weight excluding hydrogens is 785 g/mol. The summed E-state index contributed by atoms with van der Waals surface area (Å²) in [5, 5.41) is 31.4. The minimum absolute atomic E-state index is 1.38. The Balaban J connectivity index is 0.000000330. The number of pyridine rings is 1. The maximum atomic E-state index is 4.47. The fraction of sp³-hybridized carbons (Fsp3) is 0. The van der Waals surface area contributed by atoms with Crippen molar-refractivity contribution in [2.45, 2.75) is 0 Å². The topological polar surface area (TPSA) is 283 Å². The van der Waals surface area contributed by atoms with Crippen molar-refractivity contribution in [2.24, 2.45) is 0 Å². The highest BCUT2D eigenvalue weighted by Crippen LogP contribution is 1.86. The lowest BCUT2D eigenvalue weighted by molar-refractivity contribution is 0.558. The van der Waals surface area contributed by atoms with Crippen LogP contribution in [0.4, 0.5) is 0 Å². The Bertz CT molecular complexity index is 1470. The van der Waals surface area contributed by atoms with Crippen LogP contribution in [0.5, 0.6) is 0 Å². The van der Waals surface area contributed by atoms with E-state index in [1.165, 1.54) is 31.5 Å². The van der Waals surface area contributed by atoms with Gasteiger partial charge in [-0.1, -0.05) is 6.07 Å². The molecule has 0 bridgehead atoms. The summed E-state index contributed by atoms with van der Waals surface area (Å²) in [6.45, 7) is 0. The van der Waals surface area contributed by atoms with Crippen molar-refractivity contribution in [3.63, 3.8) is 0 Å². The van der Waals surface area contributed by atoms with Gasteiger partial charge in [0.15, 0.2) is 6.39 Å². The smallest absolute Gasteiger partial charge is 0.180 e. The van der Waals surface area contributed by atoms with E-state index >= 15 is 0 Å². The first-order valence-corrected chi connectivity index (χ1v) is 17.9. The summed E-state index contributed by atoms with van der Waals surface area (Å²) in [4.78, 5) is 38.8. The summed E-state index contributed by atoms with van der Waals surface area (Å²) in [5.74, 6) is 0. The zero-order valence-corrected chi connectivity index (χ0v) is 32.7. The molecule has 11 heterocycles. The van der Waals surface area contributed by atoms with Gasteiger partial charge in [-0.15, -0.1) is 16.4 Å². The number of nitrogens with zero attached hydrogens (tertiary/aromatic N) is 16. The van der Waals surface area contributed by atoms with Crippen LogP contribution in [0.1, 0.15) is 0 Å². The second kappa shape index (κ2) is 46.2. The van der Waals surface area contributed by atoms with Crippen molar-refractivity contribution in [1.82, 2.24) is 101 Å². The third-order valence-electron chi connectivity index (χ3n) is 4.74. The molecule has 0 radical (unpaired) electrons. The molecule has 0 aromatic carbocycles. The van der Waals surface area contributed by atoms with E-state index in [4.69, 9.17) is 0 Å². The van der Waals surface area contributed by atoms with E-state index in [1.807, 2.05) is 66.3 Å². The van der Waals surface area contributed by atoms with Gasteiger partial charge in [0.05, 0.1) is 36.6 Å². The van der Waals surface area contributed by atoms with Gasteiger partial charge in [0, 0.05) is 117 Å². The first kappa shape index (κ1) is 49.1. The molecule has 0 fully saturated rings. The molecule has 0 amide bonds. The number of imidazole rings is 1. The normalized spacial score (nSPS) is 8.00. The zero-order chi connectivity index (χ0) is 42.4. The van der Waals surface area contributed by atoms with Crippen LogP contribution in [0.3, 0.4) is 0 Å². The standard InChI is InChI=1S/C5H5N.3C4H4N2.C4H5N.C3H3N3.2C3H4N2.C3H3NO.C3H3NS.C2H3N3/c1-2-4-6-5-3-1;1-2-6-4-3-5-1;1-2-5-4-6-3-1;1-2-4-6-5-3-1;1-2-4-5-3-1;1-2-5-6-3-4-1;1-2-5-3-4-1;1-2-4-5-3-1;2*1-2-5-3-4-1;1-2-4-5-3-1/h1-5H;3*1-4H;1-5H;1-3H;2*1-3H,(H,4,5);2*1-3H;1-2H,(H,3,4,5). The minimum Gasteiger partial charge on any atom is -0.452 e. The van der Waals surface area contributed by atoms with E-state index in [1.54, 1.807) is 147 Å². The third kappa shape index (κ3) is 43.5. The fourth-order valence-electron chi connectivity index (χ4n) is 2.50. The van der Waals surface area contributed by atoms with Crippen LogP contribution in [0.15, 0.2) is 238 Å². The molecule has 0 aliphatic rings. The Kier molecular flexibility index (Phi) is 37.8. The first-order chi connectivity index (χ1) is 30.0. The molecule has 11 rings (SSSR count). The summed E-state index contributed by atoms with van der Waals surface area (Å²) < 4.78 is 4.47. The summed E-state index contributed by atoms with van der Waals surface area (Å²) in [6, 6.07) is 16.9. The molecule has 0 spiro atoms. The van der Waals surface area contributed by atoms with Crippen LogP contribution in [0.2, 0.25) is 0 Å². The molecule has 306 valence electrons. The van der Waals surface area contributed by atoms with E-state index in [9.17, 15) is 0 Å². The molecule has 11 aromatic rings. The number of H-pyrrole nitrogens is 4. The van der Waals surface area contributed by atoms with Crippen molar-refractivity contribution >= 4 is 11.3 Å². The molecule has 0 saturated heterocycles. The van der Waals surface area contributed by atoms with E-state index in [0.29, 0.717) is 0 Å². The monoisotopic (exact) mass is 826 g/mol. The predicted molar refractivity (Wildman–Crippen MR) is 223 cm³/mol. The lowest BCUT2D eigenvalue weighted by Crippen LogP contribution is -1.75. The Morgan fingerprint density at radius 3 is 1.20 bits per heavy atom. The van der Waals surface area contributed by atoms with Crippen LogP contribution < -0.4 is 0 Å². The second-order valence-electron chi connectivity index (χ2n) is 8.95. The first-order valence-electron chi connectivity index (χ1n) is 16.9. The van der Waals surface area contributed by atoms with Crippen LogP contribution in [-0.2, 0) is 0 Å². The highest BCUT2D eigenvalue weighted by molar-refractivity contribution is 7.07. The van der Waals surface area contributed by atoms with Crippen LogP contribution >= 0.6 is 11.3 Å². The minimum atomic E-state index is 1.38. The summed E-state index contributed by atoms with van der Waals surface area (Å²) in [7, 11) is 0. The second-order valence-corrected chi connectivity index (χ2v) is 9.71. The average Bonchev–Trinajstić information content (AvgIpc) is 4.21. The fourth-order valence-corrected chi connectivity index (χ4v) is 2.86. The Labute approximate surface area is 349 Å². The SMILES string of the molecule is c1c[nH]cn1.c1cc[nH]c1.c1ccncc1.c1ccnnc1.c1cn[nH]c1.c1cn[nH]n1.c1cnccn1.c1cncnc1.c1cnncn1.c1cocn1.c1cscn1. The van der Waals surface area contributed by atoms with E-state index < -0.39 is 0 Å². The van der Waals surface area contributed by atoms with Gasteiger partial charge in [-0.3, -0.25) is 25.0 Å². The maximum Gasteiger partial charge on any atom is 0.180 e. The van der Waals surface area contributed by atoms with Gasteiger partial charge < -0.3 is 14.4 Å². The zero-order valence-electron chi connectivity index (χ0n) is 31.9. The number of hydrogen-bond acceptors (Lipinski definition) is 18. The Morgan fingerprint density at radius 2 is 1.02 bits per heavy atom. The molecule has 0 aliphatic heterocycles. The van der Waals surface area contributed by atoms with Crippen molar-refractivity contribution in [1.29, 1.82) is 0 Å². The van der Waals surface area contributed by atoms with Gasteiger partial charge in [0.1, 0.15) is 18.9 Å². The number of thiazole rings is 1. The Hall–Kier alpha value is -8.92. The molecule has 0 saturated carbocycles. The number of nitrogens with one attached hydrogen (secondary N) is 4. The number of aromatic amines is 4. The van der Waals surface area contributed by atoms with Crippen LogP contribution in [0, 0.1) is 0 Å². The molecule has 21 nitrogen and oxygen atoms in total. The maximum absolute atomic E-state index is 4.47. The number of oxazole rings is 1. The highest BCUT2D eigenvalue weighted by Gasteiger charge is 1.64. The number of rotatable bonds is 0. The lowest BCUT2D eigenvalue weighted by atomic mass is 10.5. The van der Waals surface area contributed by atoms with Crippen LogP contribution in [0.25, 0.3) is 0 Å². The Morgan fingerprint density at radius 1 is 0.367 bits per heavy atom. The summed E-state index contributed by atoms with van der Waals surface area (Å²) in [6.07, 6.45) is 44.4. The predicted octanol–water partition coefficient (Wildman–Crippen LogP) is 5.84. The number of aromatic nitrogens is 20. The average molecular weight is 827 g/mol. The molecule has 11 aromatic heterocycles. The molecular formula is C38H42N20OS. The van der Waals surface area contributed by atoms with E-state index in [2.05, 4.69) is 105 Å². The van der Waals surface area contributed by atoms with Gasteiger partial charge in [-0.25, -0.2) is 24.9 Å². The molecule has 60 heavy (non-hydrogen) atoms. The van der Waals surface area contributed by atoms with Crippen molar-refractivity contribution < 1.29 is 4.42 Å². The van der Waals surface area contributed by atoms with E-state index in [0.717, 1.165) is 0 Å². The van der Waals surface area contributed by atoms with Crippen molar-refractivity contribution in [3.8, 4) is 0 Å². The van der Waals surface area contributed by atoms with E-state index in [-0.39, 0.29) is 0 Å². The van der Waals surface area contributed by atoms with Crippen LogP contribution in [-0.4, -0.2) is 101 Å². The number of hydrogen-bond donors (Lipinski definition) is 4. The van der Waals surface area contributed by atoms with Gasteiger partial charge in [0.2, 0.25) is 0 Å². The summed E-state index contributed by atoms with van der Waals surface area (Å²) in [5.41, 5.74) is 1.79. The molecule has 0 atom stereocenters. The highest BCUT2D eigenvalue weighted by atomic mass is 32.1.